The second kappa shape index (κ2) is 9.65. The van der Waals surface area contributed by atoms with Gasteiger partial charge in [0, 0.05) is 37.0 Å². The van der Waals surface area contributed by atoms with E-state index in [9.17, 15) is 18.0 Å². The Kier molecular flexibility index (Phi) is 6.80. The molecule has 0 saturated carbocycles. The zero-order valence-corrected chi connectivity index (χ0v) is 20.9. The predicted octanol–water partition coefficient (Wildman–Crippen LogP) is 4.48. The van der Waals surface area contributed by atoms with Crippen LogP contribution in [0.1, 0.15) is 21.6 Å². The fourth-order valence-corrected chi connectivity index (χ4v) is 5.07. The lowest BCUT2D eigenvalue weighted by molar-refractivity contribution is 0.0593. The highest BCUT2D eigenvalue weighted by atomic mass is 35.5. The Morgan fingerprint density at radius 3 is 2.26 bits per heavy atom. The van der Waals surface area contributed by atoms with Crippen LogP contribution in [-0.4, -0.2) is 44.9 Å². The highest BCUT2D eigenvalue weighted by Crippen LogP contribution is 2.34. The maximum atomic E-state index is 13.6. The first-order valence-corrected chi connectivity index (χ1v) is 12.5. The molecule has 180 valence electrons. The van der Waals surface area contributed by atoms with Crippen LogP contribution in [0.25, 0.3) is 22.0 Å². The van der Waals surface area contributed by atoms with Gasteiger partial charge in [0.05, 0.1) is 22.5 Å². The molecule has 0 fully saturated rings. The minimum absolute atomic E-state index is 0.0226. The molecule has 0 amide bonds. The molecule has 0 aliphatic carbocycles. The standard InChI is InChI=1S/C26H23ClN2O5S/c1-29(2)35(32,33)18-11-9-16(10-12-18)15-20-24(26(31)34-3)28-23-19(25(20)30)13-14-21(27)22(23)17-7-5-4-6-8-17/h4-14H,15H2,1-3H3,(H,28,30). The molecule has 0 aliphatic heterocycles. The number of pyridine rings is 1. The molecule has 35 heavy (non-hydrogen) atoms. The summed E-state index contributed by atoms with van der Waals surface area (Å²) in [4.78, 5) is 29.6. The number of ether oxygens (including phenoxy) is 1. The number of esters is 1. The summed E-state index contributed by atoms with van der Waals surface area (Å²) < 4.78 is 30.8. The van der Waals surface area contributed by atoms with E-state index in [1.807, 2.05) is 30.3 Å². The number of hydrogen-bond acceptors (Lipinski definition) is 5. The summed E-state index contributed by atoms with van der Waals surface area (Å²) in [5, 5.41) is 0.809. The smallest absolute Gasteiger partial charge is 0.354 e. The summed E-state index contributed by atoms with van der Waals surface area (Å²) in [6.07, 6.45) is 0.0985. The number of aromatic amines is 1. The molecule has 7 nitrogen and oxygen atoms in total. The minimum Gasteiger partial charge on any atom is -0.464 e. The van der Waals surface area contributed by atoms with Gasteiger partial charge in [-0.05, 0) is 35.4 Å². The van der Waals surface area contributed by atoms with Gasteiger partial charge in [-0.15, -0.1) is 0 Å². The van der Waals surface area contributed by atoms with Gasteiger partial charge in [0.2, 0.25) is 10.0 Å². The molecule has 0 radical (unpaired) electrons. The summed E-state index contributed by atoms with van der Waals surface area (Å²) in [6.45, 7) is 0. The summed E-state index contributed by atoms with van der Waals surface area (Å²) in [6, 6.07) is 18.8. The van der Waals surface area contributed by atoms with E-state index in [2.05, 4.69) is 4.98 Å². The van der Waals surface area contributed by atoms with Crippen molar-refractivity contribution in [2.75, 3.05) is 21.2 Å². The number of carbonyl (C=O) groups is 1. The van der Waals surface area contributed by atoms with Crippen LogP contribution in [-0.2, 0) is 21.2 Å². The molecule has 9 heteroatoms. The Morgan fingerprint density at radius 2 is 1.66 bits per heavy atom. The maximum Gasteiger partial charge on any atom is 0.354 e. The first kappa shape index (κ1) is 24.7. The van der Waals surface area contributed by atoms with E-state index in [1.165, 1.54) is 33.3 Å². The maximum absolute atomic E-state index is 13.6. The zero-order chi connectivity index (χ0) is 25.3. The van der Waals surface area contributed by atoms with Gasteiger partial charge in [-0.1, -0.05) is 54.1 Å². The largest absolute Gasteiger partial charge is 0.464 e. The number of halogens is 1. The SMILES string of the molecule is COC(=O)c1[nH]c2c(-c3ccccc3)c(Cl)ccc2c(=O)c1Cc1ccc(S(=O)(=O)N(C)C)cc1. The summed E-state index contributed by atoms with van der Waals surface area (Å²) in [5.74, 6) is -0.690. The monoisotopic (exact) mass is 510 g/mol. The van der Waals surface area contributed by atoms with Crippen molar-refractivity contribution in [2.45, 2.75) is 11.3 Å². The van der Waals surface area contributed by atoms with Crippen molar-refractivity contribution in [2.24, 2.45) is 0 Å². The number of nitrogens with one attached hydrogen (secondary N) is 1. The van der Waals surface area contributed by atoms with E-state index < -0.39 is 16.0 Å². The number of fused-ring (bicyclic) bond motifs is 1. The fourth-order valence-electron chi connectivity index (χ4n) is 3.90. The van der Waals surface area contributed by atoms with Crippen LogP contribution in [0.15, 0.2) is 76.4 Å². The molecular weight excluding hydrogens is 488 g/mol. The van der Waals surface area contributed by atoms with Gasteiger partial charge in [0.1, 0.15) is 5.69 Å². The number of methoxy groups -OCH3 is 1. The molecule has 0 atom stereocenters. The molecule has 0 aliphatic rings. The lowest BCUT2D eigenvalue weighted by Crippen LogP contribution is -2.22. The van der Waals surface area contributed by atoms with E-state index in [0.29, 0.717) is 27.1 Å². The van der Waals surface area contributed by atoms with E-state index in [1.54, 1.807) is 24.3 Å². The Bertz CT molecular complexity index is 1580. The summed E-state index contributed by atoms with van der Waals surface area (Å²) in [5.41, 5.74) is 2.40. The van der Waals surface area contributed by atoms with Crippen LogP contribution < -0.4 is 5.43 Å². The normalized spacial score (nSPS) is 11.7. The second-order valence-electron chi connectivity index (χ2n) is 8.12. The van der Waals surface area contributed by atoms with E-state index in [0.717, 1.165) is 9.87 Å². The molecule has 4 aromatic rings. The van der Waals surface area contributed by atoms with Crippen molar-refractivity contribution in [1.29, 1.82) is 0 Å². The Balaban J connectivity index is 1.89. The highest BCUT2D eigenvalue weighted by Gasteiger charge is 2.22. The van der Waals surface area contributed by atoms with E-state index in [-0.39, 0.29) is 28.0 Å². The first-order valence-electron chi connectivity index (χ1n) is 10.7. The zero-order valence-electron chi connectivity index (χ0n) is 19.3. The van der Waals surface area contributed by atoms with Crippen molar-refractivity contribution in [3.63, 3.8) is 0 Å². The molecule has 0 bridgehead atoms. The highest BCUT2D eigenvalue weighted by molar-refractivity contribution is 7.89. The van der Waals surface area contributed by atoms with Crippen LogP contribution >= 0.6 is 11.6 Å². The average Bonchev–Trinajstić information content (AvgIpc) is 2.85. The number of rotatable bonds is 6. The van der Waals surface area contributed by atoms with Crippen LogP contribution in [0.5, 0.6) is 0 Å². The quantitative estimate of drug-likeness (QED) is 0.386. The minimum atomic E-state index is -3.59. The Hall–Kier alpha value is -3.46. The van der Waals surface area contributed by atoms with E-state index in [4.69, 9.17) is 16.3 Å². The van der Waals surface area contributed by atoms with Gasteiger partial charge < -0.3 is 9.72 Å². The molecule has 1 aromatic heterocycles. The second-order valence-corrected chi connectivity index (χ2v) is 10.7. The number of nitrogens with zero attached hydrogens (tertiary/aromatic N) is 1. The van der Waals surface area contributed by atoms with Crippen molar-refractivity contribution < 1.29 is 17.9 Å². The van der Waals surface area contributed by atoms with Crippen LogP contribution in [0.4, 0.5) is 0 Å². The summed E-state index contributed by atoms with van der Waals surface area (Å²) in [7, 11) is 0.566. The molecule has 1 heterocycles. The average molecular weight is 511 g/mol. The third-order valence-electron chi connectivity index (χ3n) is 5.76. The third kappa shape index (κ3) is 4.60. The van der Waals surface area contributed by atoms with Crippen LogP contribution in [0.2, 0.25) is 5.02 Å². The van der Waals surface area contributed by atoms with Gasteiger partial charge in [0.15, 0.2) is 5.43 Å². The molecule has 0 unspecified atom stereocenters. The topological polar surface area (TPSA) is 96.5 Å². The number of hydrogen-bond donors (Lipinski definition) is 1. The van der Waals surface area contributed by atoms with Crippen LogP contribution in [0.3, 0.4) is 0 Å². The molecular formula is C26H23ClN2O5S. The van der Waals surface area contributed by atoms with Crippen molar-refractivity contribution >= 4 is 38.5 Å². The number of H-pyrrole nitrogens is 1. The van der Waals surface area contributed by atoms with Crippen molar-refractivity contribution in [1.82, 2.24) is 9.29 Å². The molecule has 0 spiro atoms. The van der Waals surface area contributed by atoms with Crippen LogP contribution in [0, 0.1) is 0 Å². The molecule has 4 rings (SSSR count). The van der Waals surface area contributed by atoms with Gasteiger partial charge in [-0.3, -0.25) is 4.79 Å². The number of benzene rings is 3. The fraction of sp³-hybridized carbons (Fsp3) is 0.154. The Labute approximate surface area is 208 Å². The molecule has 1 N–H and O–H groups in total. The Morgan fingerprint density at radius 1 is 1.00 bits per heavy atom. The molecule has 0 saturated heterocycles. The number of aromatic nitrogens is 1. The predicted molar refractivity (Wildman–Crippen MR) is 136 cm³/mol. The first-order chi connectivity index (χ1) is 16.6. The number of carbonyl (C=O) groups excluding carboxylic acids is 1. The van der Waals surface area contributed by atoms with Gasteiger partial charge in [-0.25, -0.2) is 17.5 Å². The lowest BCUT2D eigenvalue weighted by atomic mass is 9.97. The third-order valence-corrected chi connectivity index (χ3v) is 7.90. The summed E-state index contributed by atoms with van der Waals surface area (Å²) >= 11 is 6.51. The lowest BCUT2D eigenvalue weighted by Gasteiger charge is -2.15. The van der Waals surface area contributed by atoms with Gasteiger partial charge >= 0.3 is 5.97 Å². The molecule has 3 aromatic carbocycles. The number of sulfonamides is 1. The van der Waals surface area contributed by atoms with Gasteiger partial charge in [-0.2, -0.15) is 0 Å². The van der Waals surface area contributed by atoms with Crippen molar-refractivity contribution in [3.8, 4) is 11.1 Å². The van der Waals surface area contributed by atoms with Gasteiger partial charge in [0.25, 0.3) is 0 Å². The van der Waals surface area contributed by atoms with Crippen molar-refractivity contribution in [3.05, 3.63) is 98.8 Å². The van der Waals surface area contributed by atoms with E-state index >= 15 is 0 Å².